The summed E-state index contributed by atoms with van der Waals surface area (Å²) in [7, 11) is -3.53. The number of nitriles is 1. The third kappa shape index (κ3) is 2.84. The summed E-state index contributed by atoms with van der Waals surface area (Å²) in [6.07, 6.45) is 1.84. The Bertz CT molecular complexity index is 774. The maximum absolute atomic E-state index is 12.8. The van der Waals surface area contributed by atoms with E-state index in [2.05, 4.69) is 6.07 Å². The van der Waals surface area contributed by atoms with Crippen molar-refractivity contribution in [2.75, 3.05) is 24.5 Å². The van der Waals surface area contributed by atoms with Gasteiger partial charge in [-0.2, -0.15) is 9.57 Å². The number of amides is 1. The van der Waals surface area contributed by atoms with E-state index in [9.17, 15) is 13.2 Å². The molecule has 0 saturated carbocycles. The first kappa shape index (κ1) is 16.0. The number of rotatable bonds is 2. The average Bonchev–Trinajstić information content (AvgIpc) is 2.98. The van der Waals surface area contributed by atoms with E-state index in [1.165, 1.54) is 11.2 Å². The quantitative estimate of drug-likeness (QED) is 0.822. The number of anilines is 1. The minimum absolute atomic E-state index is 0.0297. The van der Waals surface area contributed by atoms with E-state index in [1.54, 1.807) is 23.1 Å². The van der Waals surface area contributed by atoms with Gasteiger partial charge >= 0.3 is 0 Å². The molecule has 0 unspecified atom stereocenters. The lowest BCUT2D eigenvalue weighted by atomic mass is 10.0. The van der Waals surface area contributed by atoms with Gasteiger partial charge in [-0.15, -0.1) is 0 Å². The molecule has 0 radical (unpaired) electrons. The highest BCUT2D eigenvalue weighted by atomic mass is 32.2. The van der Waals surface area contributed by atoms with Crippen LogP contribution in [-0.4, -0.2) is 38.3 Å². The predicted octanol–water partition coefficient (Wildman–Crippen LogP) is 1.52. The molecule has 0 aliphatic carbocycles. The largest absolute Gasteiger partial charge is 0.312 e. The van der Waals surface area contributed by atoms with Gasteiger partial charge in [-0.3, -0.25) is 4.79 Å². The minimum atomic E-state index is -3.53. The van der Waals surface area contributed by atoms with Crippen LogP contribution in [0.3, 0.4) is 0 Å². The number of benzene rings is 1. The molecular formula is C16H19N3O3S. The van der Waals surface area contributed by atoms with Gasteiger partial charge in [0, 0.05) is 38.2 Å². The zero-order valence-corrected chi connectivity index (χ0v) is 13.8. The van der Waals surface area contributed by atoms with Gasteiger partial charge in [0.25, 0.3) is 0 Å². The highest BCUT2D eigenvalue weighted by Crippen LogP contribution is 2.32. The molecule has 1 aromatic rings. The summed E-state index contributed by atoms with van der Waals surface area (Å²) < 4.78 is 27.0. The Morgan fingerprint density at radius 3 is 2.57 bits per heavy atom. The van der Waals surface area contributed by atoms with Crippen LogP contribution >= 0.6 is 0 Å². The van der Waals surface area contributed by atoms with Crippen LogP contribution in [0.2, 0.25) is 0 Å². The highest BCUT2D eigenvalue weighted by Gasteiger charge is 2.31. The summed E-state index contributed by atoms with van der Waals surface area (Å²) in [5.41, 5.74) is 1.70. The van der Waals surface area contributed by atoms with Gasteiger partial charge in [0.05, 0.1) is 11.0 Å². The van der Waals surface area contributed by atoms with E-state index < -0.39 is 10.0 Å². The molecule has 2 aliphatic heterocycles. The molecule has 1 fully saturated rings. The summed E-state index contributed by atoms with van der Waals surface area (Å²) in [5, 5.41) is 8.92. The second-order valence-corrected chi connectivity index (χ2v) is 7.96. The molecule has 2 aliphatic rings. The molecule has 122 valence electrons. The first-order valence-corrected chi connectivity index (χ1v) is 9.18. The number of fused-ring (bicyclic) bond motifs is 1. The Morgan fingerprint density at radius 2 is 1.96 bits per heavy atom. The van der Waals surface area contributed by atoms with E-state index in [0.717, 1.165) is 11.3 Å². The normalized spacial score (nSPS) is 19.4. The summed E-state index contributed by atoms with van der Waals surface area (Å²) in [4.78, 5) is 13.5. The fourth-order valence-electron chi connectivity index (χ4n) is 3.24. The lowest BCUT2D eigenvalue weighted by Gasteiger charge is -2.28. The van der Waals surface area contributed by atoms with Gasteiger partial charge in [0.1, 0.15) is 0 Å². The van der Waals surface area contributed by atoms with Gasteiger partial charge in [-0.05, 0) is 43.0 Å². The molecule has 0 aromatic heterocycles. The monoisotopic (exact) mass is 333 g/mol. The number of sulfonamides is 1. The van der Waals surface area contributed by atoms with Crippen molar-refractivity contribution in [1.29, 1.82) is 5.26 Å². The van der Waals surface area contributed by atoms with Gasteiger partial charge < -0.3 is 4.90 Å². The molecule has 1 saturated heterocycles. The SMILES string of the molecule is CC(=O)N1CCc2cc(S(=O)(=O)N3CCC(C#N)CC3)ccc21. The van der Waals surface area contributed by atoms with Crippen molar-refractivity contribution in [3.63, 3.8) is 0 Å². The van der Waals surface area contributed by atoms with Gasteiger partial charge in [-0.25, -0.2) is 8.42 Å². The van der Waals surface area contributed by atoms with Crippen LogP contribution in [0, 0.1) is 17.2 Å². The van der Waals surface area contributed by atoms with Crippen molar-refractivity contribution < 1.29 is 13.2 Å². The molecule has 7 heteroatoms. The van der Waals surface area contributed by atoms with Crippen molar-refractivity contribution in [1.82, 2.24) is 4.31 Å². The lowest BCUT2D eigenvalue weighted by molar-refractivity contribution is -0.116. The minimum Gasteiger partial charge on any atom is -0.312 e. The number of piperidine rings is 1. The number of carbonyl (C=O) groups excluding carboxylic acids is 1. The van der Waals surface area contributed by atoms with E-state index in [-0.39, 0.29) is 16.7 Å². The maximum atomic E-state index is 12.8. The molecule has 3 rings (SSSR count). The second-order valence-electron chi connectivity index (χ2n) is 6.02. The number of carbonyl (C=O) groups is 1. The van der Waals surface area contributed by atoms with Crippen LogP contribution in [0.4, 0.5) is 5.69 Å². The molecular weight excluding hydrogens is 314 g/mol. The van der Waals surface area contributed by atoms with Crippen molar-refractivity contribution in [2.45, 2.75) is 31.1 Å². The molecule has 0 spiro atoms. The number of hydrogen-bond donors (Lipinski definition) is 0. The van der Waals surface area contributed by atoms with Gasteiger partial charge in [-0.1, -0.05) is 0 Å². The van der Waals surface area contributed by atoms with Crippen molar-refractivity contribution >= 4 is 21.6 Å². The van der Waals surface area contributed by atoms with Crippen LogP contribution in [0.25, 0.3) is 0 Å². The maximum Gasteiger partial charge on any atom is 0.243 e. The van der Waals surface area contributed by atoms with Crippen molar-refractivity contribution in [2.24, 2.45) is 5.92 Å². The summed E-state index contributed by atoms with van der Waals surface area (Å²) in [5.74, 6) is -0.0801. The van der Waals surface area contributed by atoms with E-state index in [0.29, 0.717) is 38.9 Å². The summed E-state index contributed by atoms with van der Waals surface area (Å²) >= 11 is 0. The van der Waals surface area contributed by atoms with Gasteiger partial charge in [0.15, 0.2) is 0 Å². The van der Waals surface area contributed by atoms with Crippen LogP contribution < -0.4 is 4.90 Å². The topological polar surface area (TPSA) is 81.5 Å². The zero-order chi connectivity index (χ0) is 16.6. The second kappa shape index (κ2) is 5.95. The smallest absolute Gasteiger partial charge is 0.243 e. The summed E-state index contributed by atoms with van der Waals surface area (Å²) in [6.45, 7) is 2.88. The molecule has 23 heavy (non-hydrogen) atoms. The Kier molecular flexibility index (Phi) is 4.13. The highest BCUT2D eigenvalue weighted by molar-refractivity contribution is 7.89. The van der Waals surface area contributed by atoms with Crippen molar-refractivity contribution in [3.05, 3.63) is 23.8 Å². The predicted molar refractivity (Wildman–Crippen MR) is 85.3 cm³/mol. The zero-order valence-electron chi connectivity index (χ0n) is 13.0. The van der Waals surface area contributed by atoms with Crippen LogP contribution in [-0.2, 0) is 21.2 Å². The molecule has 1 amide bonds. The van der Waals surface area contributed by atoms with E-state index >= 15 is 0 Å². The fourth-order valence-corrected chi connectivity index (χ4v) is 4.76. The Hall–Kier alpha value is -1.91. The Balaban J connectivity index is 1.85. The molecule has 2 heterocycles. The first-order chi connectivity index (χ1) is 10.9. The van der Waals surface area contributed by atoms with Crippen molar-refractivity contribution in [3.8, 4) is 6.07 Å². The third-order valence-electron chi connectivity index (χ3n) is 4.60. The fraction of sp³-hybridized carbons (Fsp3) is 0.500. The first-order valence-electron chi connectivity index (χ1n) is 7.74. The van der Waals surface area contributed by atoms with Crippen LogP contribution in [0.1, 0.15) is 25.3 Å². The average molecular weight is 333 g/mol. The van der Waals surface area contributed by atoms with Crippen LogP contribution in [0.15, 0.2) is 23.1 Å². The molecule has 0 atom stereocenters. The molecule has 1 aromatic carbocycles. The number of hydrogen-bond acceptors (Lipinski definition) is 4. The number of nitrogens with zero attached hydrogens (tertiary/aromatic N) is 3. The molecule has 6 nitrogen and oxygen atoms in total. The van der Waals surface area contributed by atoms with E-state index in [4.69, 9.17) is 5.26 Å². The lowest BCUT2D eigenvalue weighted by Crippen LogP contribution is -2.38. The molecule has 0 bridgehead atoms. The van der Waals surface area contributed by atoms with Gasteiger partial charge in [0.2, 0.25) is 15.9 Å². The Labute approximate surface area is 136 Å². The van der Waals surface area contributed by atoms with Crippen LogP contribution in [0.5, 0.6) is 0 Å². The summed E-state index contributed by atoms with van der Waals surface area (Å²) in [6, 6.07) is 7.19. The third-order valence-corrected chi connectivity index (χ3v) is 6.50. The standard InChI is InChI=1S/C16H19N3O3S/c1-12(20)19-9-6-14-10-15(2-3-16(14)19)23(21,22)18-7-4-13(11-17)5-8-18/h2-3,10,13H,4-9H2,1H3. The molecule has 0 N–H and O–H groups in total. The Morgan fingerprint density at radius 1 is 1.26 bits per heavy atom. The van der Waals surface area contributed by atoms with E-state index in [1.807, 2.05) is 0 Å².